The van der Waals surface area contributed by atoms with E-state index in [-0.39, 0.29) is 29.0 Å². The van der Waals surface area contributed by atoms with Crippen molar-refractivity contribution in [1.82, 2.24) is 9.78 Å². The molecule has 0 fully saturated rings. The second-order valence-electron chi connectivity index (χ2n) is 4.59. The minimum absolute atomic E-state index is 0.0279. The van der Waals surface area contributed by atoms with Gasteiger partial charge in [0.1, 0.15) is 0 Å². The van der Waals surface area contributed by atoms with Crippen molar-refractivity contribution in [2.75, 3.05) is 11.9 Å². The molecule has 0 radical (unpaired) electrons. The van der Waals surface area contributed by atoms with Crippen molar-refractivity contribution in [3.63, 3.8) is 0 Å². The lowest BCUT2D eigenvalue weighted by atomic mass is 10.1. The molecule has 0 unspecified atom stereocenters. The van der Waals surface area contributed by atoms with Crippen LogP contribution in [0.2, 0.25) is 10.0 Å². The maximum atomic E-state index is 12.2. The standard InChI is InChI=1S/C15H13BrCl2N2O3/c1-3-23-15(22)14-13(12(21)7-16)8(2)20(19-14)11-5-4-9(17)6-10(11)18/h4-6H,3,7H2,1-2H3. The minimum Gasteiger partial charge on any atom is -0.461 e. The number of ketones is 1. The Labute approximate surface area is 151 Å². The Balaban J connectivity index is 2.66. The highest BCUT2D eigenvalue weighted by molar-refractivity contribution is 9.09. The van der Waals surface area contributed by atoms with E-state index in [1.807, 2.05) is 0 Å². The van der Waals surface area contributed by atoms with Crippen LogP contribution in [0.1, 0.15) is 33.5 Å². The van der Waals surface area contributed by atoms with E-state index in [4.69, 9.17) is 27.9 Å². The zero-order chi connectivity index (χ0) is 17.1. The Bertz CT molecular complexity index is 774. The molecule has 122 valence electrons. The van der Waals surface area contributed by atoms with Crippen molar-refractivity contribution in [3.05, 3.63) is 45.2 Å². The molecule has 0 N–H and O–H groups in total. The third-order valence-corrected chi connectivity index (χ3v) is 4.17. The molecule has 0 spiro atoms. The minimum atomic E-state index is -0.649. The lowest BCUT2D eigenvalue weighted by Gasteiger charge is -2.07. The number of alkyl halides is 1. The van der Waals surface area contributed by atoms with E-state index in [0.717, 1.165) is 0 Å². The third kappa shape index (κ3) is 3.59. The molecule has 2 aromatic rings. The highest BCUT2D eigenvalue weighted by atomic mass is 79.9. The van der Waals surface area contributed by atoms with Gasteiger partial charge in [-0.3, -0.25) is 4.79 Å². The molecule has 2 rings (SSSR count). The van der Waals surface area contributed by atoms with Gasteiger partial charge in [-0.15, -0.1) is 0 Å². The second-order valence-corrected chi connectivity index (χ2v) is 6.00. The number of carbonyl (C=O) groups is 2. The van der Waals surface area contributed by atoms with E-state index in [2.05, 4.69) is 21.0 Å². The van der Waals surface area contributed by atoms with Gasteiger partial charge < -0.3 is 4.74 Å². The number of nitrogens with zero attached hydrogens (tertiary/aromatic N) is 2. The van der Waals surface area contributed by atoms with Gasteiger partial charge in [-0.25, -0.2) is 9.48 Å². The Kier molecular flexibility index (Phi) is 5.84. The number of hydrogen-bond acceptors (Lipinski definition) is 4. The van der Waals surface area contributed by atoms with Crippen LogP contribution >= 0.6 is 39.1 Å². The van der Waals surface area contributed by atoms with Crippen LogP contribution in [0.5, 0.6) is 0 Å². The highest BCUT2D eigenvalue weighted by Crippen LogP contribution is 2.27. The molecule has 1 aromatic carbocycles. The normalized spacial score (nSPS) is 10.7. The van der Waals surface area contributed by atoms with E-state index in [1.54, 1.807) is 32.0 Å². The van der Waals surface area contributed by atoms with Crippen molar-refractivity contribution < 1.29 is 14.3 Å². The maximum Gasteiger partial charge on any atom is 0.359 e. The number of halogens is 3. The number of carbonyl (C=O) groups excluding carboxylic acids is 2. The number of Topliss-reactive ketones (excluding diaryl/α,β-unsaturated/α-hetero) is 1. The molecule has 0 atom stereocenters. The molecule has 0 bridgehead atoms. The molecule has 1 heterocycles. The van der Waals surface area contributed by atoms with Crippen molar-refractivity contribution in [2.24, 2.45) is 0 Å². The summed E-state index contributed by atoms with van der Waals surface area (Å²) in [4.78, 5) is 24.3. The fraction of sp³-hybridized carbons (Fsp3) is 0.267. The van der Waals surface area contributed by atoms with E-state index in [9.17, 15) is 9.59 Å². The summed E-state index contributed by atoms with van der Waals surface area (Å²) >= 11 is 15.2. The van der Waals surface area contributed by atoms with Crippen molar-refractivity contribution in [2.45, 2.75) is 13.8 Å². The number of benzene rings is 1. The topological polar surface area (TPSA) is 61.2 Å². The van der Waals surface area contributed by atoms with Crippen LogP contribution in [0.4, 0.5) is 0 Å². The van der Waals surface area contributed by atoms with Gasteiger partial charge in [-0.2, -0.15) is 5.10 Å². The molecule has 8 heteroatoms. The van der Waals surface area contributed by atoms with Gasteiger partial charge in [0.2, 0.25) is 0 Å². The van der Waals surface area contributed by atoms with Crippen molar-refractivity contribution in [1.29, 1.82) is 0 Å². The summed E-state index contributed by atoms with van der Waals surface area (Å²) in [6.45, 7) is 3.56. The average molecular weight is 420 g/mol. The SMILES string of the molecule is CCOC(=O)c1nn(-c2ccc(Cl)cc2Cl)c(C)c1C(=O)CBr. The predicted octanol–water partition coefficient (Wildman–Crippen LogP) is 4.24. The van der Waals surface area contributed by atoms with Gasteiger partial charge >= 0.3 is 5.97 Å². The van der Waals surface area contributed by atoms with Crippen molar-refractivity contribution in [3.8, 4) is 5.69 Å². The van der Waals surface area contributed by atoms with Crippen LogP contribution in [0.3, 0.4) is 0 Å². The maximum absolute atomic E-state index is 12.2. The monoisotopic (exact) mass is 418 g/mol. The van der Waals surface area contributed by atoms with Crippen molar-refractivity contribution >= 4 is 50.9 Å². The predicted molar refractivity (Wildman–Crippen MR) is 92.4 cm³/mol. The average Bonchev–Trinajstić information content (AvgIpc) is 2.84. The lowest BCUT2D eigenvalue weighted by Crippen LogP contribution is -2.12. The first-order valence-corrected chi connectivity index (χ1v) is 8.59. The van der Waals surface area contributed by atoms with Crippen LogP contribution in [0.15, 0.2) is 18.2 Å². The summed E-state index contributed by atoms with van der Waals surface area (Å²) in [5.41, 5.74) is 1.21. The molecule has 5 nitrogen and oxygen atoms in total. The summed E-state index contributed by atoms with van der Waals surface area (Å²) < 4.78 is 6.43. The molecule has 0 aliphatic rings. The third-order valence-electron chi connectivity index (χ3n) is 3.12. The van der Waals surface area contributed by atoms with Crippen LogP contribution in [0, 0.1) is 6.92 Å². The second kappa shape index (κ2) is 7.47. The molecule has 0 saturated heterocycles. The van der Waals surface area contributed by atoms with E-state index >= 15 is 0 Å². The summed E-state index contributed by atoms with van der Waals surface area (Å²) in [6, 6.07) is 4.89. The first-order valence-electron chi connectivity index (χ1n) is 6.72. The summed E-state index contributed by atoms with van der Waals surface area (Å²) in [5, 5.41) is 5.14. The lowest BCUT2D eigenvalue weighted by molar-refractivity contribution is 0.0516. The Morgan fingerprint density at radius 3 is 2.61 bits per heavy atom. The first-order chi connectivity index (χ1) is 10.9. The largest absolute Gasteiger partial charge is 0.461 e. The van der Waals surface area contributed by atoms with E-state index in [0.29, 0.717) is 21.4 Å². The van der Waals surface area contributed by atoms with E-state index < -0.39 is 5.97 Å². The van der Waals surface area contributed by atoms with Crippen LogP contribution in [-0.4, -0.2) is 33.5 Å². The zero-order valence-corrected chi connectivity index (χ0v) is 15.5. The van der Waals surface area contributed by atoms with E-state index in [1.165, 1.54) is 4.68 Å². The van der Waals surface area contributed by atoms with Gasteiger partial charge in [0.05, 0.1) is 33.9 Å². The Morgan fingerprint density at radius 2 is 2.04 bits per heavy atom. The molecule has 0 amide bonds. The van der Waals surface area contributed by atoms with Gasteiger partial charge in [0, 0.05) is 5.02 Å². The summed E-state index contributed by atoms with van der Waals surface area (Å²) in [7, 11) is 0. The van der Waals surface area contributed by atoms with Gasteiger partial charge in [0.25, 0.3) is 0 Å². The van der Waals surface area contributed by atoms with Crippen LogP contribution in [-0.2, 0) is 4.74 Å². The quantitative estimate of drug-likeness (QED) is 0.413. The number of aromatic nitrogens is 2. The Hall–Kier alpha value is -1.37. The van der Waals surface area contributed by atoms with Crippen LogP contribution < -0.4 is 0 Å². The number of rotatable bonds is 5. The molecular formula is C15H13BrCl2N2O3. The van der Waals surface area contributed by atoms with Crippen LogP contribution in [0.25, 0.3) is 5.69 Å². The molecular weight excluding hydrogens is 407 g/mol. The number of hydrogen-bond donors (Lipinski definition) is 0. The fourth-order valence-electron chi connectivity index (χ4n) is 2.13. The molecule has 1 aromatic heterocycles. The molecule has 0 saturated carbocycles. The molecule has 23 heavy (non-hydrogen) atoms. The first kappa shape index (κ1) is 18.0. The van der Waals surface area contributed by atoms with Gasteiger partial charge in [-0.1, -0.05) is 39.1 Å². The smallest absolute Gasteiger partial charge is 0.359 e. The highest BCUT2D eigenvalue weighted by Gasteiger charge is 2.27. The fourth-order valence-corrected chi connectivity index (χ4v) is 2.90. The van der Waals surface area contributed by atoms with Gasteiger partial charge in [0.15, 0.2) is 11.5 Å². The zero-order valence-electron chi connectivity index (χ0n) is 12.4. The number of esters is 1. The summed E-state index contributed by atoms with van der Waals surface area (Å²) in [5.74, 6) is -0.911. The summed E-state index contributed by atoms with van der Waals surface area (Å²) in [6.07, 6.45) is 0. The Morgan fingerprint density at radius 1 is 1.35 bits per heavy atom. The molecule has 0 aliphatic carbocycles. The van der Waals surface area contributed by atoms with Gasteiger partial charge in [-0.05, 0) is 32.0 Å². The molecule has 0 aliphatic heterocycles. The number of ether oxygens (including phenoxy) is 1.